The highest BCUT2D eigenvalue weighted by molar-refractivity contribution is 6.21. The monoisotopic (exact) mass is 836 g/mol. The third-order valence-corrected chi connectivity index (χ3v) is 13.6. The van der Waals surface area contributed by atoms with E-state index in [1.165, 1.54) is 67.4 Å². The van der Waals surface area contributed by atoms with E-state index in [1.807, 2.05) is 48.5 Å². The molecule has 13 rings (SSSR count). The van der Waals surface area contributed by atoms with Crippen molar-refractivity contribution in [2.24, 2.45) is 0 Å². The maximum absolute atomic E-state index is 15.0. The quantitative estimate of drug-likeness (QED) is 0.154. The van der Waals surface area contributed by atoms with Crippen molar-refractivity contribution in [1.82, 2.24) is 0 Å². The normalized spacial score (nSPS) is 12.9. The minimum atomic E-state index is -0.658. The molecule has 11 aromatic rings. The lowest BCUT2D eigenvalue weighted by Crippen LogP contribution is -2.26. The second-order valence-electron chi connectivity index (χ2n) is 17.1. The highest BCUT2D eigenvalue weighted by Crippen LogP contribution is 2.66. The van der Waals surface area contributed by atoms with Gasteiger partial charge < -0.3 is 9.80 Å². The fourth-order valence-corrected chi connectivity index (χ4v) is 11.1. The van der Waals surface area contributed by atoms with Gasteiger partial charge in [0, 0.05) is 34.1 Å². The number of benzene rings is 11. The largest absolute Gasteiger partial charge is 0.310 e. The van der Waals surface area contributed by atoms with Crippen molar-refractivity contribution in [2.45, 2.75) is 5.41 Å². The average Bonchev–Trinajstić information content (AvgIpc) is 3.81. The molecule has 0 atom stereocenters. The van der Waals surface area contributed by atoms with Crippen LogP contribution in [0.15, 0.2) is 231 Å². The Kier molecular flexibility index (Phi) is 8.22. The van der Waals surface area contributed by atoms with Crippen molar-refractivity contribution in [3.05, 3.63) is 264 Å². The average molecular weight is 837 g/mol. The number of nitrogens with zero attached hydrogens (tertiary/aromatic N) is 2. The molecule has 0 radical (unpaired) electrons. The van der Waals surface area contributed by atoms with Crippen LogP contribution in [0.25, 0.3) is 54.6 Å². The molecular formula is C61H38F2N2. The molecule has 306 valence electrons. The molecule has 65 heavy (non-hydrogen) atoms. The Morgan fingerprint density at radius 3 is 1.42 bits per heavy atom. The van der Waals surface area contributed by atoms with E-state index in [1.54, 1.807) is 24.3 Å². The van der Waals surface area contributed by atoms with Crippen LogP contribution in [0.3, 0.4) is 0 Å². The first-order valence-electron chi connectivity index (χ1n) is 22.0. The van der Waals surface area contributed by atoms with Gasteiger partial charge in [0.2, 0.25) is 0 Å². The van der Waals surface area contributed by atoms with Crippen LogP contribution in [-0.4, -0.2) is 0 Å². The van der Waals surface area contributed by atoms with E-state index in [0.29, 0.717) is 0 Å². The molecule has 1 spiro atoms. The summed E-state index contributed by atoms with van der Waals surface area (Å²) < 4.78 is 29.9. The zero-order valence-corrected chi connectivity index (χ0v) is 35.1. The summed E-state index contributed by atoms with van der Waals surface area (Å²) in [6.45, 7) is 0. The molecule has 2 nitrogen and oxygen atoms in total. The highest BCUT2D eigenvalue weighted by Gasteiger charge is 2.53. The predicted octanol–water partition coefficient (Wildman–Crippen LogP) is 16.7. The Morgan fingerprint density at radius 2 is 0.800 bits per heavy atom. The molecule has 2 aliphatic carbocycles. The summed E-state index contributed by atoms with van der Waals surface area (Å²) in [4.78, 5) is 4.27. The standard InChI is InChI=1S/C61H38F2N2/c62-41-15-13-21-45(36-41)64(43-17-3-1-4-18-43)47-30-29-39-34-55-58(35-40(39)33-47)61(56-27-11-9-24-50(56)51-25-10-12-28-57(51)61)60-53-32-31-48(38-54(53)49-23-7-8-26-52(49)59(55)60)65(44-19-5-2-6-20-44)46-22-14-16-42(63)37-46/h1-38H. The van der Waals surface area contributed by atoms with Crippen molar-refractivity contribution in [2.75, 3.05) is 9.80 Å². The summed E-state index contributed by atoms with van der Waals surface area (Å²) in [6.07, 6.45) is 0. The molecule has 0 bridgehead atoms. The van der Waals surface area contributed by atoms with Crippen LogP contribution >= 0.6 is 0 Å². The molecule has 0 amide bonds. The van der Waals surface area contributed by atoms with Gasteiger partial charge >= 0.3 is 0 Å². The Labute approximate surface area is 375 Å². The van der Waals surface area contributed by atoms with Crippen LogP contribution in [0.5, 0.6) is 0 Å². The Bertz CT molecular complexity index is 3670. The molecule has 0 saturated carbocycles. The summed E-state index contributed by atoms with van der Waals surface area (Å²) in [5.41, 5.74) is 14.5. The zero-order chi connectivity index (χ0) is 43.2. The number of halogens is 2. The van der Waals surface area contributed by atoms with E-state index in [2.05, 4.69) is 155 Å². The molecule has 0 aromatic heterocycles. The van der Waals surface area contributed by atoms with E-state index in [4.69, 9.17) is 0 Å². The lowest BCUT2D eigenvalue weighted by molar-refractivity contribution is 0.627. The molecule has 0 N–H and O–H groups in total. The van der Waals surface area contributed by atoms with E-state index in [0.717, 1.165) is 55.7 Å². The smallest absolute Gasteiger partial charge is 0.125 e. The predicted molar refractivity (Wildman–Crippen MR) is 265 cm³/mol. The van der Waals surface area contributed by atoms with Gasteiger partial charge in [0.1, 0.15) is 11.6 Å². The maximum atomic E-state index is 15.0. The first-order valence-corrected chi connectivity index (χ1v) is 22.0. The van der Waals surface area contributed by atoms with Gasteiger partial charge in [-0.15, -0.1) is 0 Å². The van der Waals surface area contributed by atoms with Gasteiger partial charge in [-0.3, -0.25) is 0 Å². The minimum Gasteiger partial charge on any atom is -0.310 e. The Balaban J connectivity index is 1.12. The maximum Gasteiger partial charge on any atom is 0.125 e. The minimum absolute atomic E-state index is 0.284. The van der Waals surface area contributed by atoms with Crippen LogP contribution in [0.2, 0.25) is 0 Å². The van der Waals surface area contributed by atoms with Crippen LogP contribution in [0, 0.1) is 11.6 Å². The van der Waals surface area contributed by atoms with E-state index in [-0.39, 0.29) is 11.6 Å². The van der Waals surface area contributed by atoms with E-state index >= 15 is 4.39 Å². The lowest BCUT2D eigenvalue weighted by atomic mass is 9.69. The molecule has 0 fully saturated rings. The first-order chi connectivity index (χ1) is 32.1. The molecule has 4 heteroatoms. The SMILES string of the molecule is Fc1cccc(N(c2ccccc2)c2ccc3cc4c(cc3c2)C2(c3ccccc3-c3ccccc32)c2c-4c3ccccc3c3cc(N(c4ccccc4)c4cccc(F)c4)ccc23)c1. The number of hydrogen-bond donors (Lipinski definition) is 0. The van der Waals surface area contributed by atoms with Crippen molar-refractivity contribution in [1.29, 1.82) is 0 Å². The molecule has 0 aliphatic heterocycles. The second-order valence-corrected chi connectivity index (χ2v) is 17.1. The first kappa shape index (κ1) is 37.2. The number of fused-ring (bicyclic) bond motifs is 16. The van der Waals surface area contributed by atoms with E-state index < -0.39 is 5.41 Å². The zero-order valence-electron chi connectivity index (χ0n) is 35.1. The third-order valence-electron chi connectivity index (χ3n) is 13.6. The molecule has 0 heterocycles. The molecule has 11 aromatic carbocycles. The number of para-hydroxylation sites is 2. The summed E-state index contributed by atoms with van der Waals surface area (Å²) in [7, 11) is 0. The van der Waals surface area contributed by atoms with Crippen molar-refractivity contribution >= 4 is 66.4 Å². The highest BCUT2D eigenvalue weighted by atomic mass is 19.1. The second kappa shape index (κ2) is 14.3. The van der Waals surface area contributed by atoms with Gasteiger partial charge in [-0.1, -0.05) is 133 Å². The van der Waals surface area contributed by atoms with Gasteiger partial charge in [-0.05, 0) is 174 Å². The summed E-state index contributed by atoms with van der Waals surface area (Å²) >= 11 is 0. The topological polar surface area (TPSA) is 6.48 Å². The lowest BCUT2D eigenvalue weighted by Gasteiger charge is -2.32. The van der Waals surface area contributed by atoms with Crippen molar-refractivity contribution in [3.63, 3.8) is 0 Å². The van der Waals surface area contributed by atoms with Crippen LogP contribution in [0.4, 0.5) is 42.9 Å². The number of anilines is 6. The Hall–Kier alpha value is -8.34. The summed E-state index contributed by atoms with van der Waals surface area (Å²) in [5, 5.41) is 6.85. The number of rotatable bonds is 6. The van der Waals surface area contributed by atoms with Crippen molar-refractivity contribution < 1.29 is 8.78 Å². The van der Waals surface area contributed by atoms with Gasteiger partial charge in [0.05, 0.1) is 5.41 Å². The number of hydrogen-bond acceptors (Lipinski definition) is 2. The Morgan fingerprint density at radius 1 is 0.292 bits per heavy atom. The van der Waals surface area contributed by atoms with Gasteiger partial charge in [0.25, 0.3) is 0 Å². The third kappa shape index (κ3) is 5.50. The molecule has 0 saturated heterocycles. The van der Waals surface area contributed by atoms with Gasteiger partial charge in [-0.2, -0.15) is 0 Å². The summed E-state index contributed by atoms with van der Waals surface area (Å²) in [6, 6.07) is 78.9. The van der Waals surface area contributed by atoms with E-state index in [9.17, 15) is 4.39 Å². The van der Waals surface area contributed by atoms with Crippen LogP contribution in [-0.2, 0) is 5.41 Å². The van der Waals surface area contributed by atoms with Crippen molar-refractivity contribution in [3.8, 4) is 22.3 Å². The van der Waals surface area contributed by atoms with Crippen LogP contribution < -0.4 is 9.80 Å². The van der Waals surface area contributed by atoms with Gasteiger partial charge in [0.15, 0.2) is 0 Å². The fourth-order valence-electron chi connectivity index (χ4n) is 11.1. The fraction of sp³-hybridized carbons (Fsp3) is 0.0164. The molecular weight excluding hydrogens is 799 g/mol. The molecule has 0 unspecified atom stereocenters. The van der Waals surface area contributed by atoms with Gasteiger partial charge in [-0.25, -0.2) is 8.78 Å². The summed E-state index contributed by atoms with van der Waals surface area (Å²) in [5.74, 6) is -0.569. The molecule has 2 aliphatic rings. The van der Waals surface area contributed by atoms with Crippen LogP contribution in [0.1, 0.15) is 22.3 Å².